The highest BCUT2D eigenvalue weighted by Gasteiger charge is 2.22. The minimum absolute atomic E-state index is 0.601. The first kappa shape index (κ1) is 12.3. The van der Waals surface area contributed by atoms with E-state index < -0.39 is 0 Å². The SMILES string of the molecule is Clc1nc(-c2cc(Br)cs2)nc2sc3c(c12)CCC3. The third-order valence-electron chi connectivity index (χ3n) is 3.31. The number of thiophene rings is 2. The molecule has 0 aliphatic heterocycles. The molecule has 1 aliphatic rings. The Kier molecular flexibility index (Phi) is 2.92. The molecule has 0 fully saturated rings. The molecule has 3 aromatic rings. The molecule has 0 bridgehead atoms. The van der Waals surface area contributed by atoms with Gasteiger partial charge in [-0.05, 0) is 46.8 Å². The number of aryl methyl sites for hydroxylation is 2. The predicted molar refractivity (Wildman–Crippen MR) is 85.5 cm³/mol. The van der Waals surface area contributed by atoms with Gasteiger partial charge in [0.2, 0.25) is 0 Å². The molecular formula is C13H8BrClN2S2. The van der Waals surface area contributed by atoms with Gasteiger partial charge in [0.1, 0.15) is 9.98 Å². The molecule has 0 N–H and O–H groups in total. The maximum atomic E-state index is 6.39. The first-order chi connectivity index (χ1) is 9.22. The van der Waals surface area contributed by atoms with Crippen molar-refractivity contribution in [3.63, 3.8) is 0 Å². The van der Waals surface area contributed by atoms with Gasteiger partial charge < -0.3 is 0 Å². The van der Waals surface area contributed by atoms with Crippen molar-refractivity contribution < 1.29 is 0 Å². The fourth-order valence-corrected chi connectivity index (χ4v) is 5.45. The van der Waals surface area contributed by atoms with Crippen molar-refractivity contribution in [1.82, 2.24) is 9.97 Å². The molecule has 0 aromatic carbocycles. The van der Waals surface area contributed by atoms with E-state index in [9.17, 15) is 0 Å². The van der Waals surface area contributed by atoms with E-state index >= 15 is 0 Å². The van der Waals surface area contributed by atoms with Crippen LogP contribution in [0.5, 0.6) is 0 Å². The Hall–Kier alpha value is -0.490. The second kappa shape index (κ2) is 4.52. The summed E-state index contributed by atoms with van der Waals surface area (Å²) in [5, 5.41) is 3.72. The monoisotopic (exact) mass is 370 g/mol. The molecule has 0 radical (unpaired) electrons. The van der Waals surface area contributed by atoms with Crippen molar-refractivity contribution in [1.29, 1.82) is 0 Å². The first-order valence-corrected chi connectivity index (χ1v) is 8.81. The molecule has 4 rings (SSSR count). The normalized spacial score (nSPS) is 14.2. The zero-order chi connectivity index (χ0) is 13.0. The second-order valence-corrected chi connectivity index (χ2v) is 7.77. The summed E-state index contributed by atoms with van der Waals surface area (Å²) in [6.07, 6.45) is 3.50. The summed E-state index contributed by atoms with van der Waals surface area (Å²) in [7, 11) is 0. The summed E-state index contributed by atoms with van der Waals surface area (Å²) in [5.74, 6) is 0.730. The minimum Gasteiger partial charge on any atom is -0.216 e. The molecule has 96 valence electrons. The van der Waals surface area contributed by atoms with Gasteiger partial charge in [-0.3, -0.25) is 0 Å². The number of hydrogen-bond donors (Lipinski definition) is 0. The maximum Gasteiger partial charge on any atom is 0.172 e. The highest BCUT2D eigenvalue weighted by molar-refractivity contribution is 9.10. The Morgan fingerprint density at radius 1 is 1.26 bits per heavy atom. The third kappa shape index (κ3) is 1.95. The van der Waals surface area contributed by atoms with Crippen LogP contribution >= 0.6 is 50.2 Å². The number of halogens is 2. The molecule has 0 unspecified atom stereocenters. The fourth-order valence-electron chi connectivity index (χ4n) is 2.49. The summed E-state index contributed by atoms with van der Waals surface area (Å²) in [4.78, 5) is 12.7. The molecule has 0 saturated carbocycles. The van der Waals surface area contributed by atoms with Crippen molar-refractivity contribution >= 4 is 60.4 Å². The van der Waals surface area contributed by atoms with Crippen molar-refractivity contribution in [2.24, 2.45) is 0 Å². The Morgan fingerprint density at radius 2 is 2.16 bits per heavy atom. The van der Waals surface area contributed by atoms with Crippen molar-refractivity contribution in [3.8, 4) is 10.7 Å². The number of nitrogens with zero attached hydrogens (tertiary/aromatic N) is 2. The fraction of sp³-hybridized carbons (Fsp3) is 0.231. The van der Waals surface area contributed by atoms with E-state index in [1.54, 1.807) is 22.7 Å². The van der Waals surface area contributed by atoms with E-state index in [2.05, 4.69) is 20.9 Å². The van der Waals surface area contributed by atoms with Crippen molar-refractivity contribution in [3.05, 3.63) is 31.5 Å². The number of fused-ring (bicyclic) bond motifs is 3. The summed E-state index contributed by atoms with van der Waals surface area (Å²) < 4.78 is 1.06. The average Bonchev–Trinajstić information content (AvgIpc) is 3.02. The molecule has 0 spiro atoms. The molecule has 0 saturated heterocycles. The summed E-state index contributed by atoms with van der Waals surface area (Å²) in [6.45, 7) is 0. The standard InChI is InChI=1S/C13H8BrClN2S2/c14-6-4-9(18-5-6)12-16-11(15)10-7-2-1-3-8(7)19-13(10)17-12/h4-5H,1-3H2. The molecule has 19 heavy (non-hydrogen) atoms. The van der Waals surface area contributed by atoms with Crippen LogP contribution in [-0.4, -0.2) is 9.97 Å². The lowest BCUT2D eigenvalue weighted by Gasteiger charge is -2.00. The highest BCUT2D eigenvalue weighted by atomic mass is 79.9. The lowest BCUT2D eigenvalue weighted by atomic mass is 10.2. The van der Waals surface area contributed by atoms with Gasteiger partial charge in [-0.2, -0.15) is 0 Å². The van der Waals surface area contributed by atoms with Crippen molar-refractivity contribution in [2.75, 3.05) is 0 Å². The van der Waals surface area contributed by atoms with Crippen LogP contribution in [0.4, 0.5) is 0 Å². The van der Waals surface area contributed by atoms with Crippen LogP contribution < -0.4 is 0 Å². The van der Waals surface area contributed by atoms with Gasteiger partial charge in [-0.15, -0.1) is 22.7 Å². The average molecular weight is 372 g/mol. The molecular weight excluding hydrogens is 364 g/mol. The summed E-state index contributed by atoms with van der Waals surface area (Å²) >= 11 is 13.2. The van der Waals surface area contributed by atoms with Crippen LogP contribution in [0.2, 0.25) is 5.15 Å². The lowest BCUT2D eigenvalue weighted by molar-refractivity contribution is 0.917. The van der Waals surface area contributed by atoms with Crippen LogP contribution in [0.15, 0.2) is 15.9 Å². The Morgan fingerprint density at radius 3 is 2.95 bits per heavy atom. The van der Waals surface area contributed by atoms with Gasteiger partial charge in [0.15, 0.2) is 5.82 Å². The van der Waals surface area contributed by atoms with Crippen molar-refractivity contribution in [2.45, 2.75) is 19.3 Å². The van der Waals surface area contributed by atoms with E-state index in [1.165, 1.54) is 16.9 Å². The van der Waals surface area contributed by atoms with Crippen LogP contribution in [0.25, 0.3) is 20.9 Å². The van der Waals surface area contributed by atoms with E-state index in [0.29, 0.717) is 5.15 Å². The lowest BCUT2D eigenvalue weighted by Crippen LogP contribution is -1.89. The quantitative estimate of drug-likeness (QED) is 0.541. The third-order valence-corrected chi connectivity index (χ3v) is 6.45. The van der Waals surface area contributed by atoms with E-state index in [-0.39, 0.29) is 0 Å². The van der Waals surface area contributed by atoms with Gasteiger partial charge in [0.05, 0.1) is 10.3 Å². The Labute approximate surface area is 131 Å². The molecule has 3 heterocycles. The molecule has 0 atom stereocenters. The van der Waals surface area contributed by atoms with Crippen LogP contribution in [0.3, 0.4) is 0 Å². The zero-order valence-corrected chi connectivity index (χ0v) is 13.7. The van der Waals surface area contributed by atoms with Gasteiger partial charge >= 0.3 is 0 Å². The van der Waals surface area contributed by atoms with Gasteiger partial charge in [-0.1, -0.05) is 11.6 Å². The molecule has 2 nitrogen and oxygen atoms in total. The maximum absolute atomic E-state index is 6.39. The minimum atomic E-state index is 0.601. The van der Waals surface area contributed by atoms with Gasteiger partial charge in [-0.25, -0.2) is 9.97 Å². The van der Waals surface area contributed by atoms with E-state index in [0.717, 1.165) is 38.2 Å². The number of rotatable bonds is 1. The molecule has 3 aromatic heterocycles. The van der Waals surface area contributed by atoms with E-state index in [4.69, 9.17) is 16.6 Å². The topological polar surface area (TPSA) is 25.8 Å². The number of aromatic nitrogens is 2. The van der Waals surface area contributed by atoms with Crippen LogP contribution in [0.1, 0.15) is 16.9 Å². The predicted octanol–water partition coefficient (Wildman–Crippen LogP) is 5.32. The largest absolute Gasteiger partial charge is 0.216 e. The molecule has 1 aliphatic carbocycles. The van der Waals surface area contributed by atoms with E-state index in [1.807, 2.05) is 11.4 Å². The number of hydrogen-bond acceptors (Lipinski definition) is 4. The van der Waals surface area contributed by atoms with Gasteiger partial charge in [0, 0.05) is 14.7 Å². The highest BCUT2D eigenvalue weighted by Crippen LogP contribution is 2.40. The summed E-state index contributed by atoms with van der Waals surface area (Å²) in [6, 6.07) is 2.03. The summed E-state index contributed by atoms with van der Waals surface area (Å²) in [5.41, 5.74) is 1.38. The zero-order valence-electron chi connectivity index (χ0n) is 9.74. The molecule has 0 amide bonds. The molecule has 6 heteroatoms. The smallest absolute Gasteiger partial charge is 0.172 e. The van der Waals surface area contributed by atoms with Gasteiger partial charge in [0.25, 0.3) is 0 Å². The van der Waals surface area contributed by atoms with Crippen LogP contribution in [-0.2, 0) is 12.8 Å². The Bertz CT molecular complexity index is 793. The first-order valence-electron chi connectivity index (χ1n) is 5.94. The second-order valence-electron chi connectivity index (χ2n) is 4.50. The van der Waals surface area contributed by atoms with Crippen LogP contribution in [0, 0.1) is 0 Å². The Balaban J connectivity index is 1.96.